The third-order valence-electron chi connectivity index (χ3n) is 3.75. The van der Waals surface area contributed by atoms with Crippen molar-refractivity contribution in [3.8, 4) is 5.75 Å². The number of primary amides is 1. The average molecular weight is 308 g/mol. The number of rotatable bonds is 4. The number of nitrogens with one attached hydrogen (secondary N) is 1. The zero-order chi connectivity index (χ0) is 16.6. The van der Waals surface area contributed by atoms with Crippen LogP contribution in [0.5, 0.6) is 5.75 Å². The fraction of sp³-hybridized carbons (Fsp3) is 0.0588. The standard InChI is InChI=1S/C17H16N4O2/c18-16(19)11-4-1-3-10(7-11)9-21-13-5-2-6-15(22)12(13)8-14(21)17(20)23/h1-8,22H,9H2,(H3,18,19)(H2,20,23). The van der Waals surface area contributed by atoms with Crippen molar-refractivity contribution in [3.05, 3.63) is 65.4 Å². The van der Waals surface area contributed by atoms with Gasteiger partial charge in [0.25, 0.3) is 5.91 Å². The lowest BCUT2D eigenvalue weighted by Crippen LogP contribution is -2.17. The summed E-state index contributed by atoms with van der Waals surface area (Å²) in [6.45, 7) is 0.381. The fourth-order valence-corrected chi connectivity index (χ4v) is 2.66. The first-order valence-corrected chi connectivity index (χ1v) is 7.01. The second-order valence-electron chi connectivity index (χ2n) is 5.30. The van der Waals surface area contributed by atoms with Crippen molar-refractivity contribution in [1.29, 1.82) is 5.41 Å². The van der Waals surface area contributed by atoms with E-state index in [1.54, 1.807) is 41.0 Å². The van der Waals surface area contributed by atoms with E-state index in [2.05, 4.69) is 0 Å². The van der Waals surface area contributed by atoms with Crippen LogP contribution in [-0.4, -0.2) is 21.4 Å². The van der Waals surface area contributed by atoms with Crippen molar-refractivity contribution >= 4 is 22.6 Å². The fourth-order valence-electron chi connectivity index (χ4n) is 2.66. The number of phenolic OH excluding ortho intramolecular Hbond substituents is 1. The Hall–Kier alpha value is -3.28. The molecule has 116 valence electrons. The van der Waals surface area contributed by atoms with Gasteiger partial charge in [0.2, 0.25) is 0 Å². The summed E-state index contributed by atoms with van der Waals surface area (Å²) in [5.41, 5.74) is 13.5. The highest BCUT2D eigenvalue weighted by Crippen LogP contribution is 2.28. The maximum atomic E-state index is 11.7. The molecule has 6 heteroatoms. The molecule has 0 aliphatic rings. The molecule has 0 unspecified atom stereocenters. The number of phenols is 1. The summed E-state index contributed by atoms with van der Waals surface area (Å²) in [6.07, 6.45) is 0. The highest BCUT2D eigenvalue weighted by molar-refractivity contribution is 5.99. The molecule has 6 nitrogen and oxygen atoms in total. The lowest BCUT2D eigenvalue weighted by Gasteiger charge is -2.10. The van der Waals surface area contributed by atoms with Gasteiger partial charge in [-0.05, 0) is 29.8 Å². The summed E-state index contributed by atoms with van der Waals surface area (Å²) in [7, 11) is 0. The van der Waals surface area contributed by atoms with Gasteiger partial charge in [-0.25, -0.2) is 0 Å². The van der Waals surface area contributed by atoms with Gasteiger partial charge >= 0.3 is 0 Å². The lowest BCUT2D eigenvalue weighted by molar-refractivity contribution is 0.0992. The Labute approximate surface area is 132 Å². The molecule has 0 atom stereocenters. The molecule has 0 saturated carbocycles. The van der Waals surface area contributed by atoms with Crippen molar-refractivity contribution < 1.29 is 9.90 Å². The van der Waals surface area contributed by atoms with Crippen LogP contribution in [0.15, 0.2) is 48.5 Å². The molecule has 6 N–H and O–H groups in total. The number of carbonyl (C=O) groups excluding carboxylic acids is 1. The van der Waals surface area contributed by atoms with Crippen LogP contribution in [0.1, 0.15) is 21.6 Å². The van der Waals surface area contributed by atoms with Gasteiger partial charge < -0.3 is 21.1 Å². The van der Waals surface area contributed by atoms with Crippen LogP contribution in [0.3, 0.4) is 0 Å². The SMILES string of the molecule is N=C(N)c1cccc(Cn2c(C(N)=O)cc3c(O)cccc32)c1. The molecule has 0 bridgehead atoms. The van der Waals surface area contributed by atoms with E-state index in [1.165, 1.54) is 0 Å². The van der Waals surface area contributed by atoms with Crippen LogP contribution >= 0.6 is 0 Å². The topological polar surface area (TPSA) is 118 Å². The minimum Gasteiger partial charge on any atom is -0.507 e. The zero-order valence-corrected chi connectivity index (χ0v) is 12.3. The molecular weight excluding hydrogens is 292 g/mol. The highest BCUT2D eigenvalue weighted by atomic mass is 16.3. The molecule has 23 heavy (non-hydrogen) atoms. The molecule has 0 spiro atoms. The van der Waals surface area contributed by atoms with Crippen LogP contribution < -0.4 is 11.5 Å². The van der Waals surface area contributed by atoms with E-state index >= 15 is 0 Å². The molecule has 0 saturated heterocycles. The number of nitrogens with two attached hydrogens (primary N) is 2. The number of fused-ring (bicyclic) bond motifs is 1. The average Bonchev–Trinajstić information content (AvgIpc) is 2.88. The Balaban J connectivity index is 2.14. The van der Waals surface area contributed by atoms with Gasteiger partial charge in [-0.3, -0.25) is 10.2 Å². The molecular formula is C17H16N4O2. The first-order chi connectivity index (χ1) is 11.0. The number of nitrogens with zero attached hydrogens (tertiary/aromatic N) is 1. The minimum atomic E-state index is -0.566. The summed E-state index contributed by atoms with van der Waals surface area (Å²) in [4.78, 5) is 11.7. The van der Waals surface area contributed by atoms with Gasteiger partial charge in [-0.2, -0.15) is 0 Å². The van der Waals surface area contributed by atoms with Crippen LogP contribution in [-0.2, 0) is 6.54 Å². The molecule has 1 heterocycles. The van der Waals surface area contributed by atoms with E-state index in [0.717, 1.165) is 5.56 Å². The van der Waals surface area contributed by atoms with E-state index in [1.807, 2.05) is 12.1 Å². The summed E-state index contributed by atoms with van der Waals surface area (Å²) >= 11 is 0. The largest absolute Gasteiger partial charge is 0.507 e. The number of hydrogen-bond donors (Lipinski definition) is 4. The van der Waals surface area contributed by atoms with Gasteiger partial charge in [0, 0.05) is 17.5 Å². The smallest absolute Gasteiger partial charge is 0.265 e. The molecule has 1 amide bonds. The maximum absolute atomic E-state index is 11.7. The highest BCUT2D eigenvalue weighted by Gasteiger charge is 2.15. The summed E-state index contributed by atoms with van der Waals surface area (Å²) in [6, 6.07) is 13.9. The molecule has 0 radical (unpaired) electrons. The number of hydrogen-bond acceptors (Lipinski definition) is 3. The van der Waals surface area contributed by atoms with Crippen molar-refractivity contribution in [2.75, 3.05) is 0 Å². The Morgan fingerprint density at radius 2 is 1.87 bits per heavy atom. The van der Waals surface area contributed by atoms with Gasteiger partial charge in [0.1, 0.15) is 17.3 Å². The van der Waals surface area contributed by atoms with Gasteiger partial charge in [-0.1, -0.05) is 24.3 Å². The number of amidine groups is 1. The van der Waals surface area contributed by atoms with Crippen LogP contribution in [0.4, 0.5) is 0 Å². The quantitative estimate of drug-likeness (QED) is 0.434. The molecule has 3 aromatic rings. The molecule has 0 fully saturated rings. The van der Waals surface area contributed by atoms with Crippen LogP contribution in [0.2, 0.25) is 0 Å². The van der Waals surface area contributed by atoms with Crippen molar-refractivity contribution in [2.45, 2.75) is 6.54 Å². The second-order valence-corrected chi connectivity index (χ2v) is 5.30. The predicted octanol–water partition coefficient (Wildman–Crippen LogP) is 1.78. The monoisotopic (exact) mass is 308 g/mol. The predicted molar refractivity (Wildman–Crippen MR) is 88.7 cm³/mol. The number of benzene rings is 2. The van der Waals surface area contributed by atoms with Crippen molar-refractivity contribution in [2.24, 2.45) is 11.5 Å². The zero-order valence-electron chi connectivity index (χ0n) is 12.3. The van der Waals surface area contributed by atoms with E-state index in [9.17, 15) is 9.90 Å². The number of nitrogen functional groups attached to an aromatic ring is 1. The Morgan fingerprint density at radius 1 is 1.13 bits per heavy atom. The van der Waals surface area contributed by atoms with Gasteiger partial charge in [0.05, 0.1) is 5.52 Å². The van der Waals surface area contributed by atoms with E-state index in [-0.39, 0.29) is 11.6 Å². The molecule has 0 aliphatic heterocycles. The van der Waals surface area contributed by atoms with E-state index in [4.69, 9.17) is 16.9 Å². The summed E-state index contributed by atoms with van der Waals surface area (Å²) < 4.78 is 1.75. The number of aromatic nitrogens is 1. The summed E-state index contributed by atoms with van der Waals surface area (Å²) in [5, 5.41) is 18.1. The Morgan fingerprint density at radius 3 is 2.57 bits per heavy atom. The number of carbonyl (C=O) groups is 1. The number of amides is 1. The molecule has 0 aliphatic carbocycles. The van der Waals surface area contributed by atoms with Crippen molar-refractivity contribution in [3.63, 3.8) is 0 Å². The van der Waals surface area contributed by atoms with Crippen LogP contribution in [0.25, 0.3) is 10.9 Å². The van der Waals surface area contributed by atoms with Crippen LogP contribution in [0, 0.1) is 5.41 Å². The van der Waals surface area contributed by atoms with Gasteiger partial charge in [-0.15, -0.1) is 0 Å². The van der Waals surface area contributed by atoms with E-state index < -0.39 is 5.91 Å². The second kappa shape index (κ2) is 5.49. The third-order valence-corrected chi connectivity index (χ3v) is 3.75. The minimum absolute atomic E-state index is 0.0167. The van der Waals surface area contributed by atoms with E-state index in [0.29, 0.717) is 28.7 Å². The lowest BCUT2D eigenvalue weighted by atomic mass is 10.1. The normalized spacial score (nSPS) is 10.8. The molecule has 1 aromatic heterocycles. The first kappa shape index (κ1) is 14.6. The first-order valence-electron chi connectivity index (χ1n) is 7.01. The molecule has 2 aromatic carbocycles. The molecule has 3 rings (SSSR count). The third kappa shape index (κ3) is 2.62. The van der Waals surface area contributed by atoms with Gasteiger partial charge in [0.15, 0.2) is 0 Å². The summed E-state index contributed by atoms with van der Waals surface area (Å²) in [5.74, 6) is -0.485. The maximum Gasteiger partial charge on any atom is 0.265 e. The Bertz CT molecular complexity index is 927. The Kier molecular flexibility index (Phi) is 3.50. The van der Waals surface area contributed by atoms with Crippen molar-refractivity contribution in [1.82, 2.24) is 4.57 Å². The number of aromatic hydroxyl groups is 1.